The van der Waals surface area contributed by atoms with Crippen molar-refractivity contribution in [1.82, 2.24) is 9.78 Å². The van der Waals surface area contributed by atoms with E-state index in [1.54, 1.807) is 16.4 Å². The lowest BCUT2D eigenvalue weighted by atomic mass is 9.93. The number of hydrogen-bond acceptors (Lipinski definition) is 3. The Hall–Kier alpha value is -0.970. The fourth-order valence-electron chi connectivity index (χ4n) is 2.33. The molecule has 86 valence electrons. The van der Waals surface area contributed by atoms with Gasteiger partial charge in [-0.2, -0.15) is 16.9 Å². The van der Waals surface area contributed by atoms with Crippen LogP contribution < -0.4 is 0 Å². The second kappa shape index (κ2) is 3.80. The summed E-state index contributed by atoms with van der Waals surface area (Å²) in [5.74, 6) is 1.06. The zero-order chi connectivity index (χ0) is 11.1. The van der Waals surface area contributed by atoms with Crippen LogP contribution in [0.5, 0.6) is 0 Å². The number of carboxylic acids is 1. The van der Waals surface area contributed by atoms with Crippen LogP contribution in [0, 0.1) is 0 Å². The van der Waals surface area contributed by atoms with Gasteiger partial charge in [0.05, 0.1) is 11.7 Å². The van der Waals surface area contributed by atoms with Crippen LogP contribution in [0.4, 0.5) is 0 Å². The molecule has 0 unspecified atom stereocenters. The molecule has 2 heterocycles. The van der Waals surface area contributed by atoms with Gasteiger partial charge in [-0.1, -0.05) is 0 Å². The van der Waals surface area contributed by atoms with E-state index in [9.17, 15) is 9.90 Å². The Morgan fingerprint density at radius 1 is 1.50 bits per heavy atom. The fraction of sp³-hybridized carbons (Fsp3) is 0.636. The Morgan fingerprint density at radius 2 is 2.31 bits per heavy atom. The molecular weight excluding hydrogens is 224 g/mol. The Bertz CT molecular complexity index is 437. The lowest BCUT2D eigenvalue weighted by Crippen LogP contribution is -2.22. The van der Waals surface area contributed by atoms with E-state index in [2.05, 4.69) is 5.10 Å². The summed E-state index contributed by atoms with van der Waals surface area (Å²) in [6, 6.07) is 0.335. The highest BCUT2D eigenvalue weighted by Gasteiger charge is 2.30. The quantitative estimate of drug-likeness (QED) is 0.857. The number of aromatic carboxylic acids is 1. The first-order valence-electron chi connectivity index (χ1n) is 5.68. The van der Waals surface area contributed by atoms with Gasteiger partial charge in [0.1, 0.15) is 0 Å². The van der Waals surface area contributed by atoms with Gasteiger partial charge in [-0.25, -0.2) is 4.79 Å². The summed E-state index contributed by atoms with van der Waals surface area (Å²) in [6.45, 7) is 0. The van der Waals surface area contributed by atoms with Crippen LogP contribution in [0.1, 0.15) is 47.1 Å². The molecule has 0 saturated heterocycles. The summed E-state index contributed by atoms with van der Waals surface area (Å²) in [6.07, 6.45) is 4.27. The van der Waals surface area contributed by atoms with Crippen molar-refractivity contribution in [3.63, 3.8) is 0 Å². The van der Waals surface area contributed by atoms with Crippen molar-refractivity contribution in [1.29, 1.82) is 0 Å². The van der Waals surface area contributed by atoms with Gasteiger partial charge in [0, 0.05) is 17.7 Å². The van der Waals surface area contributed by atoms with Gasteiger partial charge < -0.3 is 5.11 Å². The van der Waals surface area contributed by atoms with Gasteiger partial charge in [0.2, 0.25) is 0 Å². The van der Waals surface area contributed by atoms with Gasteiger partial charge in [-0.3, -0.25) is 4.68 Å². The second-order valence-electron chi connectivity index (χ2n) is 4.41. The average Bonchev–Trinajstić information content (AvgIpc) is 2.53. The Labute approximate surface area is 98.0 Å². The lowest BCUT2D eigenvalue weighted by Gasteiger charge is -2.26. The Morgan fingerprint density at radius 3 is 2.94 bits per heavy atom. The number of carbonyl (C=O) groups is 1. The first-order valence-corrected chi connectivity index (χ1v) is 6.84. The van der Waals surface area contributed by atoms with Crippen LogP contribution in [0.25, 0.3) is 0 Å². The zero-order valence-electron chi connectivity index (χ0n) is 8.98. The van der Waals surface area contributed by atoms with Gasteiger partial charge in [0.15, 0.2) is 5.69 Å². The first kappa shape index (κ1) is 10.2. The molecule has 1 aromatic heterocycles. The molecular formula is C11H14N2O2S. The van der Waals surface area contributed by atoms with E-state index in [0.717, 1.165) is 42.0 Å². The second-order valence-corrected chi connectivity index (χ2v) is 5.52. The number of aromatic nitrogens is 2. The molecule has 1 fully saturated rings. The van der Waals surface area contributed by atoms with E-state index >= 15 is 0 Å². The highest BCUT2D eigenvalue weighted by Crippen LogP contribution is 2.35. The summed E-state index contributed by atoms with van der Waals surface area (Å²) >= 11 is 1.80. The monoisotopic (exact) mass is 238 g/mol. The molecule has 1 aliphatic heterocycles. The summed E-state index contributed by atoms with van der Waals surface area (Å²) in [7, 11) is 0. The molecule has 5 heteroatoms. The number of hydrogen-bond donors (Lipinski definition) is 1. The first-order chi connectivity index (χ1) is 7.77. The summed E-state index contributed by atoms with van der Waals surface area (Å²) < 4.78 is 1.78. The van der Waals surface area contributed by atoms with Gasteiger partial charge in [-0.05, 0) is 25.0 Å². The molecule has 1 aromatic rings. The molecule has 1 saturated carbocycles. The van der Waals surface area contributed by atoms with Crippen LogP contribution in [0.3, 0.4) is 0 Å². The normalized spacial score (nSPS) is 20.2. The van der Waals surface area contributed by atoms with E-state index in [1.807, 2.05) is 0 Å². The molecule has 0 atom stereocenters. The zero-order valence-corrected chi connectivity index (χ0v) is 9.79. The fourth-order valence-corrected chi connectivity index (χ4v) is 3.32. The summed E-state index contributed by atoms with van der Waals surface area (Å²) in [5.41, 5.74) is 2.44. The molecule has 0 radical (unpaired) electrons. The number of carboxylic acid groups (broad SMARTS) is 1. The minimum absolute atomic E-state index is 0.335. The standard InChI is InChI=1S/C11H14N2O2S/c14-11(15)10-8-6-16-5-4-9(8)12-13(10)7-2-1-3-7/h7H,1-6H2,(H,14,15). The van der Waals surface area contributed by atoms with Gasteiger partial charge >= 0.3 is 5.97 Å². The van der Waals surface area contributed by atoms with Crippen molar-refractivity contribution in [2.45, 2.75) is 37.5 Å². The molecule has 2 aliphatic rings. The van der Waals surface area contributed by atoms with E-state index in [1.165, 1.54) is 6.42 Å². The van der Waals surface area contributed by atoms with Gasteiger partial charge in [-0.15, -0.1) is 0 Å². The van der Waals surface area contributed by atoms with E-state index in [4.69, 9.17) is 0 Å². The number of thioether (sulfide) groups is 1. The molecule has 0 bridgehead atoms. The lowest BCUT2D eigenvalue weighted by molar-refractivity contribution is 0.0674. The van der Waals surface area contributed by atoms with Crippen molar-refractivity contribution in [2.24, 2.45) is 0 Å². The molecule has 4 nitrogen and oxygen atoms in total. The van der Waals surface area contributed by atoms with E-state index in [0.29, 0.717) is 11.7 Å². The SMILES string of the molecule is O=C(O)c1c2c(nn1C1CCC1)CCSC2. The molecule has 0 spiro atoms. The van der Waals surface area contributed by atoms with Crippen molar-refractivity contribution >= 4 is 17.7 Å². The predicted octanol–water partition coefficient (Wildman–Crippen LogP) is 2.10. The van der Waals surface area contributed by atoms with Crippen molar-refractivity contribution in [3.8, 4) is 0 Å². The molecule has 1 aliphatic carbocycles. The minimum Gasteiger partial charge on any atom is -0.477 e. The van der Waals surface area contributed by atoms with Crippen LogP contribution in [-0.4, -0.2) is 26.6 Å². The highest BCUT2D eigenvalue weighted by atomic mass is 32.2. The molecule has 16 heavy (non-hydrogen) atoms. The van der Waals surface area contributed by atoms with E-state index < -0.39 is 5.97 Å². The third-order valence-corrected chi connectivity index (χ3v) is 4.43. The number of rotatable bonds is 2. The van der Waals surface area contributed by atoms with Crippen LogP contribution in [0.2, 0.25) is 0 Å². The number of fused-ring (bicyclic) bond motifs is 1. The van der Waals surface area contributed by atoms with Crippen molar-refractivity contribution in [2.75, 3.05) is 5.75 Å². The van der Waals surface area contributed by atoms with E-state index in [-0.39, 0.29) is 0 Å². The van der Waals surface area contributed by atoms with Crippen molar-refractivity contribution in [3.05, 3.63) is 17.0 Å². The van der Waals surface area contributed by atoms with Crippen LogP contribution in [0.15, 0.2) is 0 Å². The third-order valence-electron chi connectivity index (χ3n) is 3.44. The van der Waals surface area contributed by atoms with Crippen molar-refractivity contribution < 1.29 is 9.90 Å². The minimum atomic E-state index is -0.817. The molecule has 0 aromatic carbocycles. The van der Waals surface area contributed by atoms with Gasteiger partial charge in [0.25, 0.3) is 0 Å². The summed E-state index contributed by atoms with van der Waals surface area (Å²) in [4.78, 5) is 11.3. The maximum Gasteiger partial charge on any atom is 0.354 e. The largest absolute Gasteiger partial charge is 0.477 e. The topological polar surface area (TPSA) is 55.1 Å². The smallest absolute Gasteiger partial charge is 0.354 e. The highest BCUT2D eigenvalue weighted by molar-refractivity contribution is 7.98. The van der Waals surface area contributed by atoms with Crippen LogP contribution >= 0.6 is 11.8 Å². The molecule has 0 amide bonds. The van der Waals surface area contributed by atoms with Crippen LogP contribution in [-0.2, 0) is 12.2 Å². The maximum absolute atomic E-state index is 11.3. The molecule has 1 N–H and O–H groups in total. The summed E-state index contributed by atoms with van der Waals surface area (Å²) in [5, 5.41) is 13.8. The maximum atomic E-state index is 11.3. The Kier molecular flexibility index (Phi) is 2.42. The number of aryl methyl sites for hydroxylation is 1. The third kappa shape index (κ3) is 1.45. The average molecular weight is 238 g/mol. The molecule has 3 rings (SSSR count). The number of nitrogens with zero attached hydrogens (tertiary/aromatic N) is 2. The predicted molar refractivity (Wildman–Crippen MR) is 61.9 cm³/mol. The Balaban J connectivity index is 2.08.